The van der Waals surface area contributed by atoms with Crippen LogP contribution in [0.25, 0.3) is 27.6 Å². The molecule has 3 heterocycles. The molecule has 5 heteroatoms. The lowest BCUT2D eigenvalue weighted by atomic mass is 9.60. The third-order valence-corrected chi connectivity index (χ3v) is 16.9. The monoisotopic (exact) mass is 959 g/mol. The molecule has 12 rings (SSSR count). The van der Waals surface area contributed by atoms with Crippen LogP contribution in [0.15, 0.2) is 182 Å². The lowest BCUT2D eigenvalue weighted by Gasteiger charge is -2.46. The Balaban J connectivity index is 1.00. The molecule has 2 saturated carbocycles. The Hall–Kier alpha value is -7.11. The summed E-state index contributed by atoms with van der Waals surface area (Å²) in [4.78, 5) is 10.2. The van der Waals surface area contributed by atoms with Gasteiger partial charge < -0.3 is 14.5 Å². The van der Waals surface area contributed by atoms with Gasteiger partial charge in [-0.25, -0.2) is 4.98 Å². The Morgan fingerprint density at radius 3 is 1.62 bits per heavy atom. The molecule has 5 nitrogen and oxygen atoms in total. The molecular weight excluding hydrogens is 889 g/mol. The second kappa shape index (κ2) is 18.4. The molecule has 0 spiro atoms. The van der Waals surface area contributed by atoms with E-state index in [0.717, 1.165) is 59.7 Å². The molecule has 2 aliphatic carbocycles. The Kier molecular flexibility index (Phi) is 11.8. The van der Waals surface area contributed by atoms with Crippen LogP contribution >= 0.6 is 0 Å². The number of benzene rings is 7. The van der Waals surface area contributed by atoms with Crippen molar-refractivity contribution in [1.82, 2.24) is 9.55 Å². The minimum Gasteiger partial charge on any atom is -0.457 e. The third-order valence-electron chi connectivity index (χ3n) is 16.9. The van der Waals surface area contributed by atoms with Crippen molar-refractivity contribution < 1.29 is 4.74 Å². The highest BCUT2D eigenvalue weighted by atomic mass is 16.5. The van der Waals surface area contributed by atoms with E-state index in [1.54, 1.807) is 0 Å². The highest BCUT2D eigenvalue weighted by Crippen LogP contribution is 2.58. The fraction of sp³-hybridized carbons (Fsp3) is 0.309. The highest BCUT2D eigenvalue weighted by Gasteiger charge is 2.46. The summed E-state index contributed by atoms with van der Waals surface area (Å²) in [7, 11) is 0. The molecule has 0 N–H and O–H groups in total. The summed E-state index contributed by atoms with van der Waals surface area (Å²) in [6.45, 7) is 14.7. The zero-order valence-corrected chi connectivity index (χ0v) is 43.8. The topological polar surface area (TPSA) is 33.5 Å². The van der Waals surface area contributed by atoms with Crippen LogP contribution in [0.3, 0.4) is 0 Å². The largest absolute Gasteiger partial charge is 0.457 e. The maximum Gasteiger partial charge on any atom is 0.137 e. The van der Waals surface area contributed by atoms with E-state index in [0.29, 0.717) is 6.67 Å². The number of nitrogens with zero attached hydrogens (tertiary/aromatic N) is 4. The molecule has 7 aromatic carbocycles. The van der Waals surface area contributed by atoms with E-state index < -0.39 is 0 Å². The summed E-state index contributed by atoms with van der Waals surface area (Å²) < 4.78 is 9.23. The van der Waals surface area contributed by atoms with Gasteiger partial charge in [0.05, 0.1) is 28.1 Å². The van der Waals surface area contributed by atoms with Gasteiger partial charge in [-0.1, -0.05) is 189 Å². The number of rotatable bonds is 9. The average molecular weight is 959 g/mol. The molecule has 2 aromatic heterocycles. The summed E-state index contributed by atoms with van der Waals surface area (Å²) >= 11 is 0. The number of fused-ring (bicyclic) bond motifs is 4. The molecule has 3 aliphatic rings. The number of para-hydroxylation sites is 3. The summed E-state index contributed by atoms with van der Waals surface area (Å²) in [6.07, 6.45) is 13.9. The van der Waals surface area contributed by atoms with Gasteiger partial charge in [0.2, 0.25) is 0 Å². The Bertz CT molecular complexity index is 3370. The van der Waals surface area contributed by atoms with Crippen LogP contribution in [0, 0.1) is 0 Å². The van der Waals surface area contributed by atoms with Crippen LogP contribution in [0.1, 0.15) is 139 Å². The van der Waals surface area contributed by atoms with Crippen LogP contribution in [-0.4, -0.2) is 16.2 Å². The van der Waals surface area contributed by atoms with Crippen LogP contribution in [0.5, 0.6) is 11.5 Å². The van der Waals surface area contributed by atoms with Gasteiger partial charge in [-0.05, 0) is 124 Å². The molecular formula is C68H70N4O. The first-order valence-corrected chi connectivity index (χ1v) is 27.1. The second-order valence-electron chi connectivity index (χ2n) is 23.5. The smallest absolute Gasteiger partial charge is 0.137 e. The normalized spacial score (nSPS) is 16.7. The van der Waals surface area contributed by atoms with Crippen LogP contribution in [0.2, 0.25) is 0 Å². The fourth-order valence-electron chi connectivity index (χ4n) is 13.1. The minimum absolute atomic E-state index is 0.0104. The van der Waals surface area contributed by atoms with Gasteiger partial charge in [0.15, 0.2) is 0 Å². The molecule has 0 unspecified atom stereocenters. The molecule has 0 bridgehead atoms. The lowest BCUT2D eigenvalue weighted by Crippen LogP contribution is -2.38. The number of aromatic nitrogens is 2. The number of ether oxygens (including phenoxy) is 1. The molecule has 2 fully saturated rings. The van der Waals surface area contributed by atoms with Crippen molar-refractivity contribution in [3.05, 3.63) is 216 Å². The molecule has 368 valence electrons. The highest BCUT2D eigenvalue weighted by molar-refractivity contribution is 6.09. The molecule has 9 aromatic rings. The Morgan fingerprint density at radius 2 is 1.00 bits per heavy atom. The summed E-state index contributed by atoms with van der Waals surface area (Å²) in [6, 6.07) is 65.9. The van der Waals surface area contributed by atoms with Gasteiger partial charge in [-0.15, -0.1) is 0 Å². The quantitative estimate of drug-likeness (QED) is 0.144. The van der Waals surface area contributed by atoms with E-state index in [2.05, 4.69) is 232 Å². The number of hydrogen-bond donors (Lipinski definition) is 0. The van der Waals surface area contributed by atoms with E-state index in [1.807, 2.05) is 6.20 Å². The molecule has 0 saturated heterocycles. The fourth-order valence-corrected chi connectivity index (χ4v) is 13.1. The summed E-state index contributed by atoms with van der Waals surface area (Å²) in [5.41, 5.74) is 15.4. The van der Waals surface area contributed by atoms with E-state index in [-0.39, 0.29) is 21.7 Å². The number of anilines is 4. The molecule has 0 atom stereocenters. The van der Waals surface area contributed by atoms with Gasteiger partial charge in [0, 0.05) is 45.6 Å². The maximum absolute atomic E-state index is 6.94. The SMILES string of the molecule is CC(C)(C)c1ccnc(-n2c3ccccc3c3ccc(Oc4cccc(N5CN(c6c(C7(c8ccccc8)CCCCC7)cc(C(C)(C)C)cc6C6(c7ccccc7)CCCCC6)c6ccccc65)c4)cc32)c1. The van der Waals surface area contributed by atoms with E-state index in [1.165, 1.54) is 99.7 Å². The van der Waals surface area contributed by atoms with Crippen molar-refractivity contribution in [2.24, 2.45) is 0 Å². The zero-order valence-electron chi connectivity index (χ0n) is 43.8. The Labute approximate surface area is 433 Å². The summed E-state index contributed by atoms with van der Waals surface area (Å²) in [5, 5.41) is 2.37. The molecule has 1 aliphatic heterocycles. The Morgan fingerprint density at radius 1 is 0.452 bits per heavy atom. The summed E-state index contributed by atoms with van der Waals surface area (Å²) in [5.74, 6) is 2.50. The van der Waals surface area contributed by atoms with Gasteiger partial charge in [0.25, 0.3) is 0 Å². The van der Waals surface area contributed by atoms with Crippen molar-refractivity contribution in [3.63, 3.8) is 0 Å². The van der Waals surface area contributed by atoms with Crippen molar-refractivity contribution >= 4 is 44.6 Å². The van der Waals surface area contributed by atoms with E-state index in [4.69, 9.17) is 9.72 Å². The van der Waals surface area contributed by atoms with E-state index >= 15 is 0 Å². The van der Waals surface area contributed by atoms with Crippen molar-refractivity contribution in [2.75, 3.05) is 16.5 Å². The van der Waals surface area contributed by atoms with Crippen molar-refractivity contribution in [3.8, 4) is 17.3 Å². The first-order chi connectivity index (χ1) is 35.4. The van der Waals surface area contributed by atoms with Crippen LogP contribution in [-0.2, 0) is 21.7 Å². The maximum atomic E-state index is 6.94. The predicted molar refractivity (Wildman–Crippen MR) is 305 cm³/mol. The number of hydrogen-bond acceptors (Lipinski definition) is 4. The number of pyridine rings is 1. The standard InChI is InChI=1S/C68H70N4O/c1-65(2,3)50-36-41-69-63(44-50)72-59-31-16-15-30-55(59)56-35-34-54(46-62(56)72)73-53-29-23-28-52(45-53)70-47-71(61-33-18-17-32-60(61)70)64-57(67(37-19-9-20-38-67)48-24-11-7-12-25-48)42-51(66(4,5)6)43-58(64)68(39-21-10-22-40-68)49-26-13-8-14-27-49/h7-8,11-18,23-36,41-46H,9-10,19-22,37-40,47H2,1-6H3. The van der Waals surface area contributed by atoms with Gasteiger partial charge >= 0.3 is 0 Å². The van der Waals surface area contributed by atoms with Crippen LogP contribution < -0.4 is 14.5 Å². The first kappa shape index (κ1) is 46.9. The second-order valence-corrected chi connectivity index (χ2v) is 23.5. The molecule has 73 heavy (non-hydrogen) atoms. The zero-order chi connectivity index (χ0) is 50.0. The minimum atomic E-state index is -0.133. The van der Waals surface area contributed by atoms with E-state index in [9.17, 15) is 0 Å². The molecule has 0 amide bonds. The lowest BCUT2D eigenvalue weighted by molar-refractivity contribution is 0.336. The van der Waals surface area contributed by atoms with Gasteiger partial charge in [0.1, 0.15) is 24.0 Å². The predicted octanol–water partition coefficient (Wildman–Crippen LogP) is 18.3. The average Bonchev–Trinajstić information content (AvgIpc) is 3.97. The van der Waals surface area contributed by atoms with Crippen molar-refractivity contribution in [2.45, 2.75) is 127 Å². The van der Waals surface area contributed by atoms with Crippen LogP contribution in [0.4, 0.5) is 22.7 Å². The molecule has 0 radical (unpaired) electrons. The third kappa shape index (κ3) is 8.30. The van der Waals surface area contributed by atoms with Gasteiger partial charge in [-0.2, -0.15) is 0 Å². The first-order valence-electron chi connectivity index (χ1n) is 27.1. The van der Waals surface area contributed by atoms with Gasteiger partial charge in [-0.3, -0.25) is 4.57 Å². The van der Waals surface area contributed by atoms with Crippen molar-refractivity contribution in [1.29, 1.82) is 0 Å².